The van der Waals surface area contributed by atoms with E-state index in [1.807, 2.05) is 13.8 Å². The van der Waals surface area contributed by atoms with Gasteiger partial charge in [0.25, 0.3) is 0 Å². The van der Waals surface area contributed by atoms with Crippen LogP contribution in [0.25, 0.3) is 0 Å². The Kier molecular flexibility index (Phi) is 10.2. The minimum absolute atomic E-state index is 0.00725. The fourth-order valence-corrected chi connectivity index (χ4v) is 4.85. The van der Waals surface area contributed by atoms with Crippen LogP contribution < -0.4 is 5.32 Å². The third kappa shape index (κ3) is 7.33. The summed E-state index contributed by atoms with van der Waals surface area (Å²) in [6.07, 6.45) is 0.333. The van der Waals surface area contributed by atoms with Crippen molar-refractivity contribution in [3.63, 3.8) is 0 Å². The lowest BCUT2D eigenvalue weighted by molar-refractivity contribution is -0.141. The minimum Gasteiger partial charge on any atom is -0.352 e. The van der Waals surface area contributed by atoms with Crippen molar-refractivity contribution < 1.29 is 18.0 Å². The maximum Gasteiger partial charge on any atom is 0.243 e. The molecule has 7 nitrogen and oxygen atoms in total. The molecule has 0 radical (unpaired) electrons. The Balaban J connectivity index is 2.35. The summed E-state index contributed by atoms with van der Waals surface area (Å²) in [4.78, 5) is 27.6. The Labute approximate surface area is 216 Å². The van der Waals surface area contributed by atoms with E-state index in [1.54, 1.807) is 25.1 Å². The number of hydrogen-bond acceptors (Lipinski definition) is 4. The highest BCUT2D eigenvalue weighted by molar-refractivity contribution is 7.89. The van der Waals surface area contributed by atoms with Crippen LogP contribution in [0.5, 0.6) is 0 Å². The number of nitrogens with one attached hydrogen (secondary N) is 1. The molecule has 2 rings (SSSR count). The molecule has 0 bridgehead atoms. The predicted molar refractivity (Wildman–Crippen MR) is 136 cm³/mol. The topological polar surface area (TPSA) is 86.8 Å². The van der Waals surface area contributed by atoms with E-state index in [-0.39, 0.29) is 23.4 Å². The number of benzene rings is 2. The first-order valence-electron chi connectivity index (χ1n) is 10.6. The number of sulfonamides is 1. The average Bonchev–Trinajstić information content (AvgIpc) is 2.75. The normalized spacial score (nSPS) is 12.6. The van der Waals surface area contributed by atoms with Crippen molar-refractivity contribution in [1.29, 1.82) is 0 Å². The molecule has 2 aromatic carbocycles. The Morgan fingerprint density at radius 3 is 2.15 bits per heavy atom. The molecule has 0 heterocycles. The van der Waals surface area contributed by atoms with E-state index < -0.39 is 28.5 Å². The fraction of sp³-hybridized carbons (Fsp3) is 0.391. The van der Waals surface area contributed by atoms with E-state index >= 15 is 0 Å². The molecule has 0 aliphatic carbocycles. The van der Waals surface area contributed by atoms with E-state index in [2.05, 4.69) is 5.32 Å². The summed E-state index contributed by atoms with van der Waals surface area (Å²) in [5.74, 6) is -0.856. The van der Waals surface area contributed by atoms with Gasteiger partial charge in [-0.15, -0.1) is 0 Å². The molecular formula is C23H28Cl3N3O4S. The molecule has 0 aromatic heterocycles. The fourth-order valence-electron chi connectivity index (χ4n) is 3.29. The zero-order chi connectivity index (χ0) is 25.6. The van der Waals surface area contributed by atoms with E-state index in [0.717, 1.165) is 4.31 Å². The molecular weight excluding hydrogens is 521 g/mol. The van der Waals surface area contributed by atoms with Gasteiger partial charge in [-0.3, -0.25) is 9.59 Å². The van der Waals surface area contributed by atoms with Crippen molar-refractivity contribution in [1.82, 2.24) is 14.5 Å². The smallest absolute Gasteiger partial charge is 0.243 e. The second kappa shape index (κ2) is 12.2. The zero-order valence-electron chi connectivity index (χ0n) is 19.4. The molecule has 0 unspecified atom stereocenters. The van der Waals surface area contributed by atoms with E-state index in [0.29, 0.717) is 27.1 Å². The van der Waals surface area contributed by atoms with Gasteiger partial charge >= 0.3 is 0 Å². The Hall–Kier alpha value is -1.84. The van der Waals surface area contributed by atoms with Gasteiger partial charge in [-0.25, -0.2) is 8.42 Å². The number of amides is 2. The van der Waals surface area contributed by atoms with Gasteiger partial charge in [0.05, 0.1) is 21.5 Å². The predicted octanol–water partition coefficient (Wildman–Crippen LogP) is 4.60. The maximum absolute atomic E-state index is 13.4. The highest BCUT2D eigenvalue weighted by atomic mass is 35.5. The number of carbonyl (C=O) groups excluding carboxylic acids is 2. The molecule has 0 spiro atoms. The lowest BCUT2D eigenvalue weighted by Gasteiger charge is -2.32. The van der Waals surface area contributed by atoms with Gasteiger partial charge in [0.2, 0.25) is 21.8 Å². The van der Waals surface area contributed by atoms with Crippen molar-refractivity contribution >= 4 is 56.6 Å². The molecule has 0 aliphatic heterocycles. The maximum atomic E-state index is 13.4. The molecule has 0 aliphatic rings. The Morgan fingerprint density at radius 1 is 1.00 bits per heavy atom. The van der Waals surface area contributed by atoms with Gasteiger partial charge < -0.3 is 10.2 Å². The van der Waals surface area contributed by atoms with Gasteiger partial charge in [-0.2, -0.15) is 4.31 Å². The largest absolute Gasteiger partial charge is 0.352 e. The van der Waals surface area contributed by atoms with Gasteiger partial charge in [0.15, 0.2) is 0 Å². The second-order valence-electron chi connectivity index (χ2n) is 8.07. The van der Waals surface area contributed by atoms with Crippen molar-refractivity contribution in [3.05, 3.63) is 63.1 Å². The number of halogens is 3. The van der Waals surface area contributed by atoms with Crippen LogP contribution in [0.3, 0.4) is 0 Å². The molecule has 1 atom stereocenters. The van der Waals surface area contributed by atoms with Crippen LogP contribution >= 0.6 is 34.8 Å². The van der Waals surface area contributed by atoms with E-state index in [4.69, 9.17) is 34.8 Å². The first kappa shape index (κ1) is 28.4. The van der Waals surface area contributed by atoms with Crippen molar-refractivity contribution in [2.45, 2.75) is 50.7 Å². The summed E-state index contributed by atoms with van der Waals surface area (Å²) in [6, 6.07) is 9.66. The summed E-state index contributed by atoms with van der Waals surface area (Å²) < 4.78 is 26.9. The molecule has 11 heteroatoms. The lowest BCUT2D eigenvalue weighted by atomic mass is 10.1. The van der Waals surface area contributed by atoms with Crippen molar-refractivity contribution in [2.75, 3.05) is 13.6 Å². The number of carbonyl (C=O) groups is 2. The molecule has 0 saturated carbocycles. The molecule has 1 N–H and O–H groups in total. The molecule has 34 heavy (non-hydrogen) atoms. The molecule has 2 amide bonds. The van der Waals surface area contributed by atoms with Crippen LogP contribution in [0.1, 0.15) is 32.8 Å². The van der Waals surface area contributed by atoms with E-state index in [9.17, 15) is 18.0 Å². The standard InChI is InChI=1S/C23H28Cl3N3O4S/c1-5-21(23(31)27-15(2)3)29(13-16-6-11-19(25)20(26)12-16)22(30)14-28(4)34(32,33)18-9-7-17(24)8-10-18/h6-12,15,21H,5,13-14H2,1-4H3,(H,27,31)/t21-/m0/s1. The number of nitrogens with zero attached hydrogens (tertiary/aromatic N) is 2. The highest BCUT2D eigenvalue weighted by Gasteiger charge is 2.32. The third-order valence-corrected chi connectivity index (χ3v) is 7.84. The number of hydrogen-bond donors (Lipinski definition) is 1. The highest BCUT2D eigenvalue weighted by Crippen LogP contribution is 2.24. The zero-order valence-corrected chi connectivity index (χ0v) is 22.5. The quantitative estimate of drug-likeness (QED) is 0.470. The van der Waals surface area contributed by atoms with E-state index in [1.165, 1.54) is 36.2 Å². The second-order valence-corrected chi connectivity index (χ2v) is 11.4. The van der Waals surface area contributed by atoms with Crippen LogP contribution in [0.2, 0.25) is 15.1 Å². The number of likely N-dealkylation sites (N-methyl/N-ethyl adjacent to an activating group) is 1. The molecule has 186 valence electrons. The summed E-state index contributed by atoms with van der Waals surface area (Å²) in [5.41, 5.74) is 0.654. The van der Waals surface area contributed by atoms with Crippen LogP contribution in [0.15, 0.2) is 47.4 Å². The average molecular weight is 549 g/mol. The monoisotopic (exact) mass is 547 g/mol. The Morgan fingerprint density at radius 2 is 1.62 bits per heavy atom. The van der Waals surface area contributed by atoms with Gasteiger partial charge in [-0.05, 0) is 62.2 Å². The first-order chi connectivity index (χ1) is 15.9. The van der Waals surface area contributed by atoms with Crippen molar-refractivity contribution in [2.24, 2.45) is 0 Å². The number of rotatable bonds is 10. The summed E-state index contributed by atoms with van der Waals surface area (Å²) in [6.45, 7) is 5.02. The first-order valence-corrected chi connectivity index (χ1v) is 13.2. The molecule has 2 aromatic rings. The van der Waals surface area contributed by atoms with Crippen molar-refractivity contribution in [3.8, 4) is 0 Å². The molecule has 0 fully saturated rings. The minimum atomic E-state index is -3.95. The molecule has 0 saturated heterocycles. The summed E-state index contributed by atoms with van der Waals surface area (Å²) in [5, 5.41) is 3.90. The van der Waals surface area contributed by atoms with Crippen LogP contribution in [-0.4, -0.2) is 55.1 Å². The van der Waals surface area contributed by atoms with Crippen LogP contribution in [0, 0.1) is 0 Å². The van der Waals surface area contributed by atoms with Gasteiger partial charge in [-0.1, -0.05) is 47.8 Å². The summed E-state index contributed by atoms with van der Waals surface area (Å²) >= 11 is 18.0. The van der Waals surface area contributed by atoms with Gasteiger partial charge in [0.1, 0.15) is 6.04 Å². The summed E-state index contributed by atoms with van der Waals surface area (Å²) in [7, 11) is -2.64. The SMILES string of the molecule is CC[C@@H](C(=O)NC(C)C)N(Cc1ccc(Cl)c(Cl)c1)C(=O)CN(C)S(=O)(=O)c1ccc(Cl)cc1. The van der Waals surface area contributed by atoms with Gasteiger partial charge in [0, 0.05) is 24.7 Å². The lowest BCUT2D eigenvalue weighted by Crippen LogP contribution is -2.52. The Bertz CT molecular complexity index is 1120. The van der Waals surface area contributed by atoms with Crippen LogP contribution in [0.4, 0.5) is 0 Å². The third-order valence-electron chi connectivity index (χ3n) is 5.03. The van der Waals surface area contributed by atoms with Crippen LogP contribution in [-0.2, 0) is 26.2 Å².